The van der Waals surface area contributed by atoms with Gasteiger partial charge in [-0.1, -0.05) is 0 Å². The molecule has 2 rings (SSSR count). The Morgan fingerprint density at radius 3 is 2.56 bits per heavy atom. The van der Waals surface area contributed by atoms with Crippen LogP contribution in [0.5, 0.6) is 11.5 Å². The van der Waals surface area contributed by atoms with Crippen molar-refractivity contribution in [3.8, 4) is 11.5 Å². The Labute approximate surface area is 106 Å². The molecule has 0 atom stereocenters. The van der Waals surface area contributed by atoms with E-state index in [-0.39, 0.29) is 5.75 Å². The molecule has 0 saturated carbocycles. The molecular weight excluding hydrogens is 228 g/mol. The van der Waals surface area contributed by atoms with Gasteiger partial charge in [0.2, 0.25) is 0 Å². The minimum Gasteiger partial charge on any atom is -0.508 e. The van der Waals surface area contributed by atoms with Crippen LogP contribution >= 0.6 is 0 Å². The fraction of sp³-hybridized carbons (Fsp3) is 0.214. The molecule has 0 aliphatic carbocycles. The van der Waals surface area contributed by atoms with Crippen LogP contribution in [0, 0.1) is 13.8 Å². The minimum atomic E-state index is 0.162. The van der Waals surface area contributed by atoms with E-state index in [1.54, 1.807) is 18.2 Å². The van der Waals surface area contributed by atoms with E-state index in [1.165, 1.54) is 6.20 Å². The zero-order valence-electron chi connectivity index (χ0n) is 10.4. The molecule has 0 spiro atoms. The second-order valence-electron chi connectivity index (χ2n) is 4.31. The van der Waals surface area contributed by atoms with Crippen LogP contribution in [0.4, 0.5) is 5.69 Å². The zero-order chi connectivity index (χ0) is 13.1. The fourth-order valence-electron chi connectivity index (χ4n) is 1.70. The van der Waals surface area contributed by atoms with Crippen LogP contribution in [0.1, 0.15) is 16.8 Å². The number of nitrogens with zero attached hydrogens (tertiary/aromatic N) is 1. The average Bonchev–Trinajstić information content (AvgIpc) is 2.34. The van der Waals surface area contributed by atoms with Gasteiger partial charge in [0.25, 0.3) is 0 Å². The number of aromatic hydroxyl groups is 2. The highest BCUT2D eigenvalue weighted by atomic mass is 16.3. The van der Waals surface area contributed by atoms with E-state index in [9.17, 15) is 5.11 Å². The van der Waals surface area contributed by atoms with Crippen molar-refractivity contribution in [2.75, 3.05) is 5.32 Å². The summed E-state index contributed by atoms with van der Waals surface area (Å²) in [6.07, 6.45) is 1.42. The molecular formula is C14H16N2O2. The highest BCUT2D eigenvalue weighted by Gasteiger charge is 2.03. The molecule has 0 amide bonds. The highest BCUT2D eigenvalue weighted by molar-refractivity contribution is 5.56. The van der Waals surface area contributed by atoms with Gasteiger partial charge in [-0.2, -0.15) is 0 Å². The third-order valence-electron chi connectivity index (χ3n) is 2.81. The number of phenols is 1. The number of pyridine rings is 1. The van der Waals surface area contributed by atoms with Gasteiger partial charge in [-0.15, -0.1) is 0 Å². The third-order valence-corrected chi connectivity index (χ3v) is 2.81. The van der Waals surface area contributed by atoms with Crippen LogP contribution in [0.15, 0.2) is 30.5 Å². The molecule has 1 heterocycles. The second kappa shape index (κ2) is 4.96. The average molecular weight is 244 g/mol. The van der Waals surface area contributed by atoms with E-state index in [4.69, 9.17) is 5.11 Å². The Kier molecular flexibility index (Phi) is 3.37. The molecule has 18 heavy (non-hydrogen) atoms. The molecule has 0 bridgehead atoms. The molecule has 4 nitrogen and oxygen atoms in total. The monoisotopic (exact) mass is 244 g/mol. The van der Waals surface area contributed by atoms with Crippen molar-refractivity contribution in [1.29, 1.82) is 0 Å². The fourth-order valence-corrected chi connectivity index (χ4v) is 1.70. The predicted molar refractivity (Wildman–Crippen MR) is 70.8 cm³/mol. The minimum absolute atomic E-state index is 0.162. The first-order valence-electron chi connectivity index (χ1n) is 5.74. The first kappa shape index (κ1) is 12.2. The lowest BCUT2D eigenvalue weighted by molar-refractivity contribution is 0.470. The summed E-state index contributed by atoms with van der Waals surface area (Å²) in [6.45, 7) is 4.37. The molecule has 4 heteroatoms. The number of benzene rings is 1. The number of aryl methyl sites for hydroxylation is 2. The van der Waals surface area contributed by atoms with Crippen LogP contribution in [0.25, 0.3) is 0 Å². The molecule has 0 unspecified atom stereocenters. The third kappa shape index (κ3) is 2.71. The van der Waals surface area contributed by atoms with E-state index in [2.05, 4.69) is 10.3 Å². The van der Waals surface area contributed by atoms with Crippen LogP contribution in [-0.4, -0.2) is 15.2 Å². The smallest absolute Gasteiger partial charge is 0.133 e. The summed E-state index contributed by atoms with van der Waals surface area (Å²) in [5, 5.41) is 22.0. The summed E-state index contributed by atoms with van der Waals surface area (Å²) < 4.78 is 0. The summed E-state index contributed by atoms with van der Waals surface area (Å²) in [5.41, 5.74) is 3.64. The summed E-state index contributed by atoms with van der Waals surface area (Å²) in [7, 11) is 0. The maximum Gasteiger partial charge on any atom is 0.133 e. The van der Waals surface area contributed by atoms with Crippen molar-refractivity contribution in [3.05, 3.63) is 47.3 Å². The van der Waals surface area contributed by atoms with Gasteiger partial charge in [0.15, 0.2) is 0 Å². The van der Waals surface area contributed by atoms with Crippen molar-refractivity contribution in [2.24, 2.45) is 0 Å². The quantitative estimate of drug-likeness (QED) is 0.726. The molecule has 0 radical (unpaired) electrons. The topological polar surface area (TPSA) is 65.4 Å². The lowest BCUT2D eigenvalue weighted by Gasteiger charge is -2.11. The number of anilines is 1. The molecule has 94 valence electrons. The highest BCUT2D eigenvalue weighted by Crippen LogP contribution is 2.25. The van der Waals surface area contributed by atoms with Gasteiger partial charge >= 0.3 is 0 Å². The van der Waals surface area contributed by atoms with E-state index >= 15 is 0 Å². The van der Waals surface area contributed by atoms with Gasteiger partial charge in [0.1, 0.15) is 11.5 Å². The summed E-state index contributed by atoms with van der Waals surface area (Å²) >= 11 is 0. The first-order chi connectivity index (χ1) is 8.56. The Bertz CT molecular complexity index is 550. The molecule has 0 fully saturated rings. The Morgan fingerprint density at radius 1 is 1.11 bits per heavy atom. The standard InChI is InChI=1S/C14H16N2O2/c1-9-6-14(18)10(2)5-13(9)16-7-11-3-4-12(17)8-15-11/h3-6,8,16-18H,7H2,1-2H3. The van der Waals surface area contributed by atoms with Crippen molar-refractivity contribution >= 4 is 5.69 Å². The summed E-state index contributed by atoms with van der Waals surface area (Å²) in [4.78, 5) is 4.10. The summed E-state index contributed by atoms with van der Waals surface area (Å²) in [5.74, 6) is 0.469. The molecule has 0 aliphatic rings. The van der Waals surface area contributed by atoms with Gasteiger partial charge in [-0.05, 0) is 49.2 Å². The van der Waals surface area contributed by atoms with E-state index < -0.39 is 0 Å². The SMILES string of the molecule is Cc1cc(NCc2ccc(O)cn2)c(C)cc1O. The van der Waals surface area contributed by atoms with Crippen LogP contribution in [-0.2, 0) is 6.54 Å². The van der Waals surface area contributed by atoms with Crippen molar-refractivity contribution in [2.45, 2.75) is 20.4 Å². The molecule has 3 N–H and O–H groups in total. The zero-order valence-corrected chi connectivity index (χ0v) is 10.4. The van der Waals surface area contributed by atoms with E-state index in [1.807, 2.05) is 19.9 Å². The normalized spacial score (nSPS) is 10.3. The van der Waals surface area contributed by atoms with E-state index in [0.717, 1.165) is 22.5 Å². The second-order valence-corrected chi connectivity index (χ2v) is 4.31. The Balaban J connectivity index is 2.10. The molecule has 1 aromatic carbocycles. The molecule has 0 aliphatic heterocycles. The largest absolute Gasteiger partial charge is 0.508 e. The van der Waals surface area contributed by atoms with Gasteiger partial charge in [-0.3, -0.25) is 4.98 Å². The predicted octanol–water partition coefficient (Wildman–Crippen LogP) is 2.72. The lowest BCUT2D eigenvalue weighted by atomic mass is 10.1. The number of phenolic OH excluding ortho intramolecular Hbond substituents is 1. The van der Waals surface area contributed by atoms with Crippen molar-refractivity contribution in [1.82, 2.24) is 4.98 Å². The summed E-state index contributed by atoms with van der Waals surface area (Å²) in [6, 6.07) is 7.02. The molecule has 1 aromatic heterocycles. The number of nitrogens with one attached hydrogen (secondary N) is 1. The van der Waals surface area contributed by atoms with Crippen LogP contribution in [0.3, 0.4) is 0 Å². The maximum absolute atomic E-state index is 9.57. The number of hydrogen-bond acceptors (Lipinski definition) is 4. The van der Waals surface area contributed by atoms with Gasteiger partial charge in [0.05, 0.1) is 18.4 Å². The van der Waals surface area contributed by atoms with E-state index in [0.29, 0.717) is 12.3 Å². The van der Waals surface area contributed by atoms with Crippen LogP contribution < -0.4 is 5.32 Å². The van der Waals surface area contributed by atoms with Gasteiger partial charge in [-0.25, -0.2) is 0 Å². The molecule has 0 saturated heterocycles. The number of hydrogen-bond donors (Lipinski definition) is 3. The van der Waals surface area contributed by atoms with Crippen LogP contribution in [0.2, 0.25) is 0 Å². The lowest BCUT2D eigenvalue weighted by Crippen LogP contribution is -2.03. The number of rotatable bonds is 3. The van der Waals surface area contributed by atoms with Gasteiger partial charge < -0.3 is 15.5 Å². The van der Waals surface area contributed by atoms with Gasteiger partial charge in [0, 0.05) is 5.69 Å². The Hall–Kier alpha value is -2.23. The molecule has 2 aromatic rings. The maximum atomic E-state index is 9.57. The number of aromatic nitrogens is 1. The van der Waals surface area contributed by atoms with Crippen molar-refractivity contribution < 1.29 is 10.2 Å². The first-order valence-corrected chi connectivity index (χ1v) is 5.74. The Morgan fingerprint density at radius 2 is 1.89 bits per heavy atom. The van der Waals surface area contributed by atoms with Crippen molar-refractivity contribution in [3.63, 3.8) is 0 Å².